The van der Waals surface area contributed by atoms with Crippen molar-refractivity contribution in [3.63, 3.8) is 0 Å². The average Bonchev–Trinajstić information content (AvgIpc) is 3.10. The number of likely N-dealkylation sites (tertiary alicyclic amines) is 1. The molecular formula is C22H25Cl2NO3. The van der Waals surface area contributed by atoms with Crippen LogP contribution in [-0.2, 0) is 0 Å². The zero-order chi connectivity index (χ0) is 20.3. The maximum atomic E-state index is 12.9. The predicted octanol–water partition coefficient (Wildman–Crippen LogP) is 5.85. The molecule has 1 saturated heterocycles. The lowest BCUT2D eigenvalue weighted by atomic mass is 10.1. The highest BCUT2D eigenvalue weighted by atomic mass is 35.5. The molecule has 1 heterocycles. The fraction of sp³-hybridized carbons (Fsp3) is 0.409. The van der Waals surface area contributed by atoms with E-state index in [0.717, 1.165) is 24.3 Å². The number of hydrogen-bond donors (Lipinski definition) is 0. The lowest BCUT2D eigenvalue weighted by Gasteiger charge is -2.25. The van der Waals surface area contributed by atoms with Crippen molar-refractivity contribution >= 4 is 29.1 Å². The fourth-order valence-electron chi connectivity index (χ4n) is 3.22. The lowest BCUT2D eigenvalue weighted by molar-refractivity contribution is 0.0691. The van der Waals surface area contributed by atoms with E-state index in [1.807, 2.05) is 49.9 Å². The minimum atomic E-state index is -0.238. The number of rotatable bonds is 5. The van der Waals surface area contributed by atoms with Gasteiger partial charge in [-0.05, 0) is 76.1 Å². The Morgan fingerprint density at radius 1 is 1.07 bits per heavy atom. The number of carbonyl (C=O) groups is 1. The van der Waals surface area contributed by atoms with Gasteiger partial charge in [0.05, 0.1) is 16.1 Å². The molecule has 3 rings (SSSR count). The van der Waals surface area contributed by atoms with Crippen molar-refractivity contribution in [2.24, 2.45) is 0 Å². The number of hydrogen-bond acceptors (Lipinski definition) is 3. The highest BCUT2D eigenvalue weighted by Gasteiger charge is 2.30. The topological polar surface area (TPSA) is 38.8 Å². The molecular weight excluding hydrogens is 397 g/mol. The van der Waals surface area contributed by atoms with Crippen LogP contribution < -0.4 is 9.47 Å². The summed E-state index contributed by atoms with van der Waals surface area (Å²) in [5, 5.41) is 0.829. The first-order valence-electron chi connectivity index (χ1n) is 9.41. The van der Waals surface area contributed by atoms with E-state index in [4.69, 9.17) is 32.7 Å². The second-order valence-electron chi connectivity index (χ2n) is 7.92. The molecule has 0 spiro atoms. The first-order chi connectivity index (χ1) is 13.2. The van der Waals surface area contributed by atoms with Gasteiger partial charge < -0.3 is 14.4 Å². The third-order valence-corrected chi connectivity index (χ3v) is 5.23. The molecule has 0 unspecified atom stereocenters. The van der Waals surface area contributed by atoms with Crippen LogP contribution in [0.4, 0.5) is 0 Å². The summed E-state index contributed by atoms with van der Waals surface area (Å²) in [4.78, 5) is 14.7. The van der Waals surface area contributed by atoms with Crippen molar-refractivity contribution in [3.8, 4) is 11.5 Å². The van der Waals surface area contributed by atoms with Crippen LogP contribution in [0.5, 0.6) is 11.5 Å². The molecule has 0 aromatic heterocycles. The molecule has 1 fully saturated rings. The summed E-state index contributed by atoms with van der Waals surface area (Å²) in [6, 6.07) is 12.6. The monoisotopic (exact) mass is 421 g/mol. The van der Waals surface area contributed by atoms with Crippen LogP contribution >= 0.6 is 23.2 Å². The van der Waals surface area contributed by atoms with Crippen LogP contribution in [0, 0.1) is 0 Å². The smallest absolute Gasteiger partial charge is 0.254 e. The van der Waals surface area contributed by atoms with Crippen molar-refractivity contribution in [1.82, 2.24) is 4.90 Å². The molecule has 150 valence electrons. The SMILES string of the molecule is CC(C)(C)Oc1ccc(OC[C@@H]2CCCN2C(=O)c2ccc(Cl)c(Cl)c2)cc1. The summed E-state index contributed by atoms with van der Waals surface area (Å²) in [5.74, 6) is 1.52. The van der Waals surface area contributed by atoms with Crippen LogP contribution in [0.25, 0.3) is 0 Å². The van der Waals surface area contributed by atoms with Crippen LogP contribution in [0.2, 0.25) is 10.0 Å². The van der Waals surface area contributed by atoms with Gasteiger partial charge >= 0.3 is 0 Å². The third-order valence-electron chi connectivity index (χ3n) is 4.49. The van der Waals surface area contributed by atoms with E-state index in [-0.39, 0.29) is 17.6 Å². The molecule has 2 aromatic rings. The Balaban J connectivity index is 1.60. The van der Waals surface area contributed by atoms with Gasteiger partial charge in [-0.2, -0.15) is 0 Å². The minimum Gasteiger partial charge on any atom is -0.491 e. The first-order valence-corrected chi connectivity index (χ1v) is 10.2. The Kier molecular flexibility index (Phi) is 6.41. The van der Waals surface area contributed by atoms with Gasteiger partial charge in [-0.15, -0.1) is 0 Å². The van der Waals surface area contributed by atoms with Gasteiger partial charge in [-0.3, -0.25) is 4.79 Å². The Morgan fingerprint density at radius 3 is 2.39 bits per heavy atom. The number of benzene rings is 2. The molecule has 1 amide bonds. The van der Waals surface area contributed by atoms with E-state index in [1.165, 1.54) is 0 Å². The summed E-state index contributed by atoms with van der Waals surface area (Å²) in [6.45, 7) is 7.20. The Labute approximate surface area is 176 Å². The molecule has 1 aliphatic heterocycles. The van der Waals surface area contributed by atoms with Crippen LogP contribution in [-0.4, -0.2) is 35.6 Å². The Hall–Kier alpha value is -1.91. The minimum absolute atomic E-state index is 0.0347. The number of amides is 1. The van der Waals surface area contributed by atoms with Crippen LogP contribution in [0.3, 0.4) is 0 Å². The van der Waals surface area contributed by atoms with Gasteiger partial charge in [0.1, 0.15) is 23.7 Å². The van der Waals surface area contributed by atoms with Gasteiger partial charge in [0.25, 0.3) is 5.91 Å². The quantitative estimate of drug-likeness (QED) is 0.606. The summed E-state index contributed by atoms with van der Waals surface area (Å²) in [7, 11) is 0. The molecule has 1 aliphatic rings. The molecule has 6 heteroatoms. The summed E-state index contributed by atoms with van der Waals surface area (Å²) in [5.41, 5.74) is 0.308. The standard InChI is InChI=1S/C22H25Cl2NO3/c1-22(2,3)28-18-9-7-17(8-10-18)27-14-16-5-4-12-25(16)21(26)15-6-11-19(23)20(24)13-15/h6-11,13,16H,4-5,12,14H2,1-3H3/t16-/m0/s1. The lowest BCUT2D eigenvalue weighted by Crippen LogP contribution is -2.39. The van der Waals surface area contributed by atoms with E-state index in [9.17, 15) is 4.79 Å². The van der Waals surface area contributed by atoms with Gasteiger partial charge in [0, 0.05) is 12.1 Å². The Bertz CT molecular complexity index is 831. The molecule has 0 aliphatic carbocycles. The second kappa shape index (κ2) is 8.62. The molecule has 0 bridgehead atoms. The molecule has 0 radical (unpaired) electrons. The number of halogens is 2. The zero-order valence-electron chi connectivity index (χ0n) is 16.4. The third kappa shape index (κ3) is 5.33. The number of ether oxygens (including phenoxy) is 2. The van der Waals surface area contributed by atoms with E-state index >= 15 is 0 Å². The average molecular weight is 422 g/mol. The van der Waals surface area contributed by atoms with Gasteiger partial charge in [-0.25, -0.2) is 0 Å². The predicted molar refractivity (Wildman–Crippen MR) is 113 cm³/mol. The van der Waals surface area contributed by atoms with Crippen molar-refractivity contribution < 1.29 is 14.3 Å². The van der Waals surface area contributed by atoms with E-state index in [0.29, 0.717) is 28.8 Å². The second-order valence-corrected chi connectivity index (χ2v) is 8.73. The number of nitrogens with zero attached hydrogens (tertiary/aromatic N) is 1. The maximum absolute atomic E-state index is 12.9. The first kappa shape index (κ1) is 20.8. The Morgan fingerprint density at radius 2 is 1.75 bits per heavy atom. The maximum Gasteiger partial charge on any atom is 0.254 e. The van der Waals surface area contributed by atoms with E-state index in [1.54, 1.807) is 18.2 Å². The fourth-order valence-corrected chi connectivity index (χ4v) is 3.52. The number of carbonyl (C=O) groups excluding carboxylic acids is 1. The zero-order valence-corrected chi connectivity index (χ0v) is 17.9. The van der Waals surface area contributed by atoms with Crippen LogP contribution in [0.1, 0.15) is 44.0 Å². The van der Waals surface area contributed by atoms with Crippen molar-refractivity contribution in [2.45, 2.75) is 45.3 Å². The van der Waals surface area contributed by atoms with Crippen LogP contribution in [0.15, 0.2) is 42.5 Å². The van der Waals surface area contributed by atoms with Gasteiger partial charge in [0.2, 0.25) is 0 Å². The molecule has 2 aromatic carbocycles. The molecule has 1 atom stereocenters. The molecule has 0 saturated carbocycles. The van der Waals surface area contributed by atoms with Gasteiger partial charge in [0.15, 0.2) is 0 Å². The summed E-state index contributed by atoms with van der Waals surface area (Å²) < 4.78 is 11.8. The largest absolute Gasteiger partial charge is 0.491 e. The highest BCUT2D eigenvalue weighted by molar-refractivity contribution is 6.42. The normalized spacial score (nSPS) is 16.9. The summed E-state index contributed by atoms with van der Waals surface area (Å²) in [6.07, 6.45) is 1.87. The van der Waals surface area contributed by atoms with E-state index in [2.05, 4.69) is 0 Å². The highest BCUT2D eigenvalue weighted by Crippen LogP contribution is 2.27. The molecule has 0 N–H and O–H groups in total. The van der Waals surface area contributed by atoms with Crippen molar-refractivity contribution in [1.29, 1.82) is 0 Å². The molecule has 28 heavy (non-hydrogen) atoms. The van der Waals surface area contributed by atoms with Crippen molar-refractivity contribution in [3.05, 3.63) is 58.1 Å². The van der Waals surface area contributed by atoms with E-state index < -0.39 is 0 Å². The van der Waals surface area contributed by atoms with Gasteiger partial charge in [-0.1, -0.05) is 23.2 Å². The van der Waals surface area contributed by atoms with Crippen molar-refractivity contribution in [2.75, 3.05) is 13.2 Å². The molecule has 4 nitrogen and oxygen atoms in total. The summed E-state index contributed by atoms with van der Waals surface area (Å²) >= 11 is 12.0.